The Labute approximate surface area is 152 Å². The van der Waals surface area contributed by atoms with Crippen LogP contribution in [0.3, 0.4) is 0 Å². The SMILES string of the molecule is COc1ccc(-c2nnc(NC3CC(COc4ccccc4)C3)o2)cc1. The number of para-hydroxylation sites is 1. The topological polar surface area (TPSA) is 69.4 Å². The highest BCUT2D eigenvalue weighted by Crippen LogP contribution is 2.31. The quantitative estimate of drug-likeness (QED) is 0.693. The van der Waals surface area contributed by atoms with Gasteiger partial charge in [-0.25, -0.2) is 0 Å². The standard InChI is InChI=1S/C20H21N3O3/c1-24-17-9-7-15(8-10-17)19-22-23-20(26-19)21-16-11-14(12-16)13-25-18-5-3-2-4-6-18/h2-10,14,16H,11-13H2,1H3,(H,21,23). The van der Waals surface area contributed by atoms with Crippen LogP contribution in [0, 0.1) is 5.92 Å². The van der Waals surface area contributed by atoms with Gasteiger partial charge in [-0.3, -0.25) is 0 Å². The molecular weight excluding hydrogens is 330 g/mol. The van der Waals surface area contributed by atoms with E-state index in [-0.39, 0.29) is 0 Å². The Bertz CT molecular complexity index is 827. The molecule has 6 nitrogen and oxygen atoms in total. The van der Waals surface area contributed by atoms with Gasteiger partial charge in [-0.15, -0.1) is 5.10 Å². The van der Waals surface area contributed by atoms with Crippen molar-refractivity contribution >= 4 is 6.01 Å². The minimum absolute atomic E-state index is 0.351. The van der Waals surface area contributed by atoms with Crippen LogP contribution < -0.4 is 14.8 Å². The Morgan fingerprint density at radius 3 is 2.50 bits per heavy atom. The summed E-state index contributed by atoms with van der Waals surface area (Å²) in [5.41, 5.74) is 0.870. The number of methoxy groups -OCH3 is 1. The molecule has 0 amide bonds. The second kappa shape index (κ2) is 7.47. The first kappa shape index (κ1) is 16.4. The zero-order valence-corrected chi connectivity index (χ0v) is 14.6. The van der Waals surface area contributed by atoms with Crippen LogP contribution >= 0.6 is 0 Å². The maximum atomic E-state index is 5.80. The number of rotatable bonds is 7. The lowest BCUT2D eigenvalue weighted by atomic mass is 9.81. The molecule has 1 aliphatic rings. The summed E-state index contributed by atoms with van der Waals surface area (Å²) in [6, 6.07) is 18.3. The molecule has 134 valence electrons. The Kier molecular flexibility index (Phi) is 4.73. The van der Waals surface area contributed by atoms with E-state index in [1.54, 1.807) is 7.11 Å². The molecule has 0 aliphatic heterocycles. The van der Waals surface area contributed by atoms with Crippen molar-refractivity contribution in [1.82, 2.24) is 10.2 Å². The highest BCUT2D eigenvalue weighted by Gasteiger charge is 2.30. The molecule has 1 fully saturated rings. The third kappa shape index (κ3) is 3.79. The summed E-state index contributed by atoms with van der Waals surface area (Å²) in [6.07, 6.45) is 2.07. The van der Waals surface area contributed by atoms with E-state index in [2.05, 4.69) is 15.5 Å². The smallest absolute Gasteiger partial charge is 0.315 e. The molecule has 0 spiro atoms. The highest BCUT2D eigenvalue weighted by molar-refractivity contribution is 5.54. The largest absolute Gasteiger partial charge is 0.497 e. The molecule has 0 radical (unpaired) electrons. The van der Waals surface area contributed by atoms with Crippen LogP contribution in [-0.4, -0.2) is 30.0 Å². The van der Waals surface area contributed by atoms with E-state index in [1.165, 1.54) is 0 Å². The molecule has 0 unspecified atom stereocenters. The van der Waals surface area contributed by atoms with Crippen LogP contribution in [0.2, 0.25) is 0 Å². The van der Waals surface area contributed by atoms with Gasteiger partial charge in [0.2, 0.25) is 5.89 Å². The predicted molar refractivity (Wildman–Crippen MR) is 98.4 cm³/mol. The fourth-order valence-corrected chi connectivity index (χ4v) is 3.03. The lowest BCUT2D eigenvalue weighted by Crippen LogP contribution is -2.38. The molecule has 26 heavy (non-hydrogen) atoms. The van der Waals surface area contributed by atoms with Crippen LogP contribution in [0.1, 0.15) is 12.8 Å². The van der Waals surface area contributed by atoms with Crippen LogP contribution in [0.15, 0.2) is 59.0 Å². The van der Waals surface area contributed by atoms with E-state index in [0.29, 0.717) is 23.9 Å². The van der Waals surface area contributed by atoms with Gasteiger partial charge >= 0.3 is 6.01 Å². The van der Waals surface area contributed by atoms with Gasteiger partial charge in [-0.05, 0) is 55.2 Å². The third-order valence-corrected chi connectivity index (χ3v) is 4.55. The van der Waals surface area contributed by atoms with Gasteiger partial charge in [-0.1, -0.05) is 23.3 Å². The van der Waals surface area contributed by atoms with Crippen molar-refractivity contribution in [2.45, 2.75) is 18.9 Å². The van der Waals surface area contributed by atoms with Gasteiger partial charge in [0, 0.05) is 11.6 Å². The highest BCUT2D eigenvalue weighted by atomic mass is 16.5. The molecule has 1 aliphatic carbocycles. The zero-order chi connectivity index (χ0) is 17.8. The van der Waals surface area contributed by atoms with Crippen molar-refractivity contribution in [3.8, 4) is 23.0 Å². The number of nitrogens with zero attached hydrogens (tertiary/aromatic N) is 2. The summed E-state index contributed by atoms with van der Waals surface area (Å²) < 4.78 is 16.7. The van der Waals surface area contributed by atoms with Crippen molar-refractivity contribution in [2.24, 2.45) is 5.92 Å². The molecule has 4 rings (SSSR count). The summed E-state index contributed by atoms with van der Waals surface area (Å²) in [4.78, 5) is 0. The van der Waals surface area contributed by atoms with Gasteiger partial charge in [0.05, 0.1) is 13.7 Å². The molecule has 1 saturated carbocycles. The number of ether oxygens (including phenoxy) is 2. The van der Waals surface area contributed by atoms with Gasteiger partial charge in [0.1, 0.15) is 11.5 Å². The number of hydrogen-bond donors (Lipinski definition) is 1. The molecule has 0 bridgehead atoms. The van der Waals surface area contributed by atoms with Gasteiger partial charge in [0.15, 0.2) is 0 Å². The van der Waals surface area contributed by atoms with E-state index in [4.69, 9.17) is 13.9 Å². The van der Waals surface area contributed by atoms with Gasteiger partial charge in [0.25, 0.3) is 0 Å². The third-order valence-electron chi connectivity index (χ3n) is 4.55. The molecular formula is C20H21N3O3. The van der Waals surface area contributed by atoms with Crippen molar-refractivity contribution in [3.63, 3.8) is 0 Å². The summed E-state index contributed by atoms with van der Waals surface area (Å²) in [7, 11) is 1.64. The summed E-state index contributed by atoms with van der Waals surface area (Å²) >= 11 is 0. The molecule has 1 heterocycles. The van der Waals surface area contributed by atoms with Crippen molar-refractivity contribution < 1.29 is 13.9 Å². The number of aromatic nitrogens is 2. The van der Waals surface area contributed by atoms with Crippen LogP contribution in [0.25, 0.3) is 11.5 Å². The Balaban J connectivity index is 1.25. The molecule has 0 saturated heterocycles. The van der Waals surface area contributed by atoms with Crippen LogP contribution in [0.5, 0.6) is 11.5 Å². The van der Waals surface area contributed by atoms with E-state index in [9.17, 15) is 0 Å². The molecule has 1 aromatic heterocycles. The van der Waals surface area contributed by atoms with E-state index >= 15 is 0 Å². The molecule has 3 aromatic rings. The Hall–Kier alpha value is -3.02. The first-order valence-electron chi connectivity index (χ1n) is 8.72. The summed E-state index contributed by atoms with van der Waals surface area (Å²) in [6.45, 7) is 0.739. The lowest BCUT2D eigenvalue weighted by molar-refractivity contribution is 0.166. The molecule has 2 aromatic carbocycles. The van der Waals surface area contributed by atoms with Gasteiger partial charge < -0.3 is 19.2 Å². The van der Waals surface area contributed by atoms with E-state index < -0.39 is 0 Å². The van der Waals surface area contributed by atoms with Gasteiger partial charge in [-0.2, -0.15) is 0 Å². The Morgan fingerprint density at radius 2 is 1.77 bits per heavy atom. The first-order chi connectivity index (χ1) is 12.8. The number of hydrogen-bond acceptors (Lipinski definition) is 6. The molecule has 6 heteroatoms. The maximum Gasteiger partial charge on any atom is 0.315 e. The average molecular weight is 351 g/mol. The summed E-state index contributed by atoms with van der Waals surface area (Å²) in [5.74, 6) is 2.77. The van der Waals surface area contributed by atoms with Crippen molar-refractivity contribution in [1.29, 1.82) is 0 Å². The lowest BCUT2D eigenvalue weighted by Gasteiger charge is -2.34. The van der Waals surface area contributed by atoms with Crippen molar-refractivity contribution in [3.05, 3.63) is 54.6 Å². The molecule has 1 N–H and O–H groups in total. The minimum Gasteiger partial charge on any atom is -0.497 e. The molecule has 0 atom stereocenters. The van der Waals surface area contributed by atoms with E-state index in [1.807, 2.05) is 54.6 Å². The maximum absolute atomic E-state index is 5.80. The van der Waals surface area contributed by atoms with E-state index in [0.717, 1.165) is 36.5 Å². The monoisotopic (exact) mass is 351 g/mol. The normalized spacial score (nSPS) is 18.8. The fraction of sp³-hybridized carbons (Fsp3) is 0.300. The summed E-state index contributed by atoms with van der Waals surface area (Å²) in [5, 5.41) is 11.5. The number of benzene rings is 2. The number of nitrogens with one attached hydrogen (secondary N) is 1. The number of anilines is 1. The van der Waals surface area contributed by atoms with Crippen LogP contribution in [0.4, 0.5) is 6.01 Å². The average Bonchev–Trinajstić information content (AvgIpc) is 3.13. The van der Waals surface area contributed by atoms with Crippen LogP contribution in [-0.2, 0) is 0 Å². The zero-order valence-electron chi connectivity index (χ0n) is 14.6. The Morgan fingerprint density at radius 1 is 1.00 bits per heavy atom. The van der Waals surface area contributed by atoms with Crippen molar-refractivity contribution in [2.75, 3.05) is 19.0 Å². The second-order valence-corrected chi connectivity index (χ2v) is 6.44. The minimum atomic E-state index is 0.351. The second-order valence-electron chi connectivity index (χ2n) is 6.44. The predicted octanol–water partition coefficient (Wildman–Crippen LogP) is 4.01. The fourth-order valence-electron chi connectivity index (χ4n) is 3.03. The first-order valence-corrected chi connectivity index (χ1v) is 8.72.